The Labute approximate surface area is 453 Å². The van der Waals surface area contributed by atoms with Crippen molar-refractivity contribution in [3.63, 3.8) is 0 Å². The largest absolute Gasteiger partial charge is 0.766 e. The van der Waals surface area contributed by atoms with Crippen LogP contribution in [-0.4, -0.2) is 169 Å². The smallest absolute Gasteiger partial charge is 0.385 e. The van der Waals surface area contributed by atoms with Gasteiger partial charge in [0, 0.05) is 115 Å². The molecule has 5 rings (SSSR count). The maximum atomic E-state index is 12.6. The molecule has 0 aromatic carbocycles. The molecule has 33 nitrogen and oxygen atoms in total. The second kappa shape index (κ2) is 29.4. The summed E-state index contributed by atoms with van der Waals surface area (Å²) in [6.07, 6.45) is -0.463. The topological polar surface area (TPSA) is 460 Å². The minimum absolute atomic E-state index is 0.0227. The van der Waals surface area contributed by atoms with Crippen molar-refractivity contribution in [2.75, 3.05) is 99.5 Å². The van der Waals surface area contributed by atoms with E-state index in [1.165, 1.54) is 55.2 Å². The van der Waals surface area contributed by atoms with Crippen LogP contribution in [0.4, 0.5) is 0 Å². The van der Waals surface area contributed by atoms with Gasteiger partial charge in [0.25, 0.3) is 11.1 Å². The number of morpholine rings is 1. The predicted molar refractivity (Wildman–Crippen MR) is 283 cm³/mol. The molecule has 1 aliphatic carbocycles. The van der Waals surface area contributed by atoms with Crippen molar-refractivity contribution in [3.8, 4) is 0 Å². The standard InChI is InChI=1S/C15H24N3O7P.C15H25N2O12P3.C5H12O5P2.C3H10O4P2/c1-10-8-18(15(21)16-14(10)20)12-6-11(13(19)7-12)9-25-26(22,23)17-2-4-24-5-3-17;1-9-7-17(15(21)16-14(9)20)13-6-11(19)12(26-13)8-25-30(3,22)28-32(5,24)29-31(4,23)27-10(2)18;1-5(6)9-12(4,8)10-11(2,3)7;1-8(2,4)7-9(3,5)6/h8,11-13,19H,2-7,9H2,1H3,(H,22,23)(H,16,20,21);7,11-13,19H,6,8H2,1-5H3,(H,16,20,21);1-4H3;1-3H3,(H,5,6)/p-1/t11-,12-,13-;11-,12-,13-,30?,31?,32?;;/m11../s1. The van der Waals surface area contributed by atoms with E-state index in [-0.39, 0.29) is 37.7 Å². The number of nitrogens with one attached hydrogen (secondary N) is 2. The van der Waals surface area contributed by atoms with Crippen molar-refractivity contribution in [1.82, 2.24) is 23.8 Å². The number of aryl methyl sites for hydroxylation is 2. The summed E-state index contributed by atoms with van der Waals surface area (Å²) in [5.41, 5.74) is -1.61. The fourth-order valence-corrected chi connectivity index (χ4v) is 20.7. The lowest BCUT2D eigenvalue weighted by molar-refractivity contribution is -0.217. The Hall–Kier alpha value is -2.38. The molecule has 79 heavy (non-hydrogen) atoms. The van der Waals surface area contributed by atoms with Gasteiger partial charge >= 0.3 is 61.3 Å². The number of aliphatic hydroxyl groups excluding tert-OH is 2. The maximum Gasteiger partial charge on any atom is 0.385 e. The second-order valence-electron chi connectivity index (χ2n) is 18.9. The fraction of sp³-hybridized carbons (Fsp3) is 0.737. The van der Waals surface area contributed by atoms with Crippen LogP contribution < -0.4 is 27.4 Å². The summed E-state index contributed by atoms with van der Waals surface area (Å²) in [6, 6.07) is -0.323. The van der Waals surface area contributed by atoms with E-state index >= 15 is 0 Å². The van der Waals surface area contributed by atoms with Crippen LogP contribution in [0.5, 0.6) is 0 Å². The summed E-state index contributed by atoms with van der Waals surface area (Å²) in [5.74, 6) is -2.07. The number of hydrogen-bond donors (Lipinski definition) is 5. The summed E-state index contributed by atoms with van der Waals surface area (Å²) in [5, 5.41) is 20.5. The Balaban J connectivity index is 0.000000402. The van der Waals surface area contributed by atoms with E-state index < -0.39 is 132 Å². The monoisotopic (exact) mass is 1290 g/mol. The van der Waals surface area contributed by atoms with Crippen molar-refractivity contribution < 1.29 is 111 Å². The number of rotatable bonds is 19. The van der Waals surface area contributed by atoms with E-state index in [2.05, 4.69) is 27.6 Å². The molecule has 3 aliphatic rings. The molecular weight excluding hydrogens is 1220 g/mol. The molecular formula is C38H70N5O28P8-. The van der Waals surface area contributed by atoms with Crippen molar-refractivity contribution in [1.29, 1.82) is 0 Å². The molecule has 2 aromatic heterocycles. The Morgan fingerprint density at radius 3 is 1.54 bits per heavy atom. The molecule has 0 amide bonds. The third-order valence-electron chi connectivity index (χ3n) is 9.97. The van der Waals surface area contributed by atoms with Gasteiger partial charge in [0.1, 0.15) is 12.3 Å². The van der Waals surface area contributed by atoms with E-state index in [0.29, 0.717) is 31.6 Å². The normalized spacial score (nSPS) is 25.2. The van der Waals surface area contributed by atoms with Gasteiger partial charge in [-0.3, -0.25) is 70.0 Å². The van der Waals surface area contributed by atoms with E-state index in [9.17, 15) is 80.4 Å². The Morgan fingerprint density at radius 2 is 1.09 bits per heavy atom. The molecule has 12 atom stereocenters. The number of ether oxygens (including phenoxy) is 2. The van der Waals surface area contributed by atoms with Crippen molar-refractivity contribution in [3.05, 3.63) is 65.2 Å². The quantitative estimate of drug-likeness (QED) is 0.125. The highest BCUT2D eigenvalue weighted by atomic mass is 31.3. The molecule has 2 aromatic rings. The number of carbonyl (C=O) groups excluding carboxylic acids is 2. The summed E-state index contributed by atoms with van der Waals surface area (Å²) < 4.78 is 144. The van der Waals surface area contributed by atoms with Gasteiger partial charge in [-0.15, -0.1) is 0 Å². The second-order valence-corrected chi connectivity index (χ2v) is 36.6. The lowest BCUT2D eigenvalue weighted by Gasteiger charge is -2.38. The molecule has 0 spiro atoms. The molecule has 456 valence electrons. The maximum absolute atomic E-state index is 12.6. The van der Waals surface area contributed by atoms with E-state index in [1.54, 1.807) is 6.92 Å². The van der Waals surface area contributed by atoms with E-state index in [0.717, 1.165) is 51.7 Å². The number of aromatic amines is 2. The molecule has 3 fully saturated rings. The van der Waals surface area contributed by atoms with Gasteiger partial charge in [0.15, 0.2) is 0 Å². The summed E-state index contributed by atoms with van der Waals surface area (Å²) in [4.78, 5) is 93.4. The van der Waals surface area contributed by atoms with Crippen molar-refractivity contribution in [2.24, 2.45) is 5.92 Å². The van der Waals surface area contributed by atoms with Crippen LogP contribution >= 0.6 is 60.5 Å². The zero-order chi connectivity index (χ0) is 61.1. The van der Waals surface area contributed by atoms with Crippen LogP contribution in [0, 0.1) is 19.8 Å². The van der Waals surface area contributed by atoms with E-state index in [4.69, 9.17) is 32.0 Å². The molecule has 5 N–H and O–H groups in total. The van der Waals surface area contributed by atoms with Crippen LogP contribution in [0.3, 0.4) is 0 Å². The number of H-pyrrole nitrogens is 2. The van der Waals surface area contributed by atoms with Gasteiger partial charge in [-0.05, 0) is 26.7 Å². The third-order valence-corrected chi connectivity index (χ3v) is 23.6. The van der Waals surface area contributed by atoms with Crippen LogP contribution in [-0.2, 0) is 90.9 Å². The first-order chi connectivity index (χ1) is 35.6. The van der Waals surface area contributed by atoms with Gasteiger partial charge in [0.05, 0.1) is 52.0 Å². The zero-order valence-electron chi connectivity index (χ0n) is 45.4. The van der Waals surface area contributed by atoms with Crippen molar-refractivity contribution >= 4 is 72.4 Å². The van der Waals surface area contributed by atoms with E-state index in [1.807, 2.05) is 0 Å². The van der Waals surface area contributed by atoms with Gasteiger partial charge in [-0.25, -0.2) is 36.3 Å². The molecule has 0 radical (unpaired) electrons. The number of hydrogen-bond acceptors (Lipinski definition) is 27. The van der Waals surface area contributed by atoms with Gasteiger partial charge in [-0.2, -0.15) is 0 Å². The Bertz CT molecular complexity index is 3080. The average molecular weight is 1290 g/mol. The zero-order valence-corrected chi connectivity index (χ0v) is 52.6. The summed E-state index contributed by atoms with van der Waals surface area (Å²) in [7, 11) is -29.3. The summed E-state index contributed by atoms with van der Waals surface area (Å²) >= 11 is 0. The Kier molecular flexibility index (Phi) is 27.1. The van der Waals surface area contributed by atoms with Crippen LogP contribution in [0.15, 0.2) is 31.6 Å². The number of aliphatic hydroxyl groups is 2. The van der Waals surface area contributed by atoms with Gasteiger partial charge < -0.3 is 47.6 Å². The first-order valence-corrected chi connectivity index (χ1v) is 39.7. The lowest BCUT2D eigenvalue weighted by Crippen LogP contribution is -2.38. The number of nitrogens with zero attached hydrogens (tertiary/aromatic N) is 3. The number of aromatic nitrogens is 4. The SMILES string of the molecule is CC(=O)OP(C)(=O)OP(C)(=O)OP(C)(=O)OC[C@H]1O[C@@H](n2cc(C)c(=O)[nH]c2=O)C[C@H]1O.CC(=O)OP(C)(=O)OP(C)(C)=O.CP(C)(=O)OP(C)(=O)O.Cc1cn([C@@H]2C[C@H](COP(=O)([O-])N3CCOCC3)[C@H](O)C2)c(=O)[nH]c1=O. The van der Waals surface area contributed by atoms with Crippen molar-refractivity contribution in [2.45, 2.75) is 77.5 Å². The van der Waals surface area contributed by atoms with Crippen LogP contribution in [0.2, 0.25) is 0 Å². The fourth-order valence-electron chi connectivity index (χ4n) is 7.25. The van der Waals surface area contributed by atoms with Crippen LogP contribution in [0.25, 0.3) is 0 Å². The molecule has 6 unspecified atom stereocenters. The molecule has 2 saturated heterocycles. The first-order valence-electron chi connectivity index (χ1n) is 23.2. The number of carbonyl (C=O) groups is 2. The molecule has 4 heterocycles. The Morgan fingerprint density at radius 1 is 0.633 bits per heavy atom. The first kappa shape index (κ1) is 72.7. The highest BCUT2D eigenvalue weighted by Crippen LogP contribution is 2.68. The van der Waals surface area contributed by atoms with Gasteiger partial charge in [-0.1, -0.05) is 0 Å². The highest BCUT2D eigenvalue weighted by molar-refractivity contribution is 7.72. The molecule has 1 saturated carbocycles. The highest BCUT2D eigenvalue weighted by Gasteiger charge is 2.41. The van der Waals surface area contributed by atoms with Gasteiger partial charge in [0.2, 0.25) is 22.5 Å². The minimum Gasteiger partial charge on any atom is -0.766 e. The lowest BCUT2D eigenvalue weighted by atomic mass is 10.1. The minimum atomic E-state index is -4.26. The van der Waals surface area contributed by atoms with Crippen LogP contribution in [0.1, 0.15) is 56.5 Å². The molecule has 2 aliphatic heterocycles. The average Bonchev–Trinajstić information content (AvgIpc) is 3.79. The third kappa shape index (κ3) is 27.7. The molecule has 0 bridgehead atoms. The molecule has 41 heteroatoms. The predicted octanol–water partition coefficient (Wildman–Crippen LogP) is 3.83. The summed E-state index contributed by atoms with van der Waals surface area (Å²) in [6.45, 7) is 15.7.